The third-order valence-electron chi connectivity index (χ3n) is 9.11. The smallest absolute Gasteiger partial charge is 0.263 e. The maximum Gasteiger partial charge on any atom is 0.263 e. The Kier molecular flexibility index (Phi) is 8.68. The Morgan fingerprint density at radius 1 is 1.03 bits per heavy atom. The van der Waals surface area contributed by atoms with Gasteiger partial charge >= 0.3 is 0 Å². The molecule has 1 spiro atoms. The van der Waals surface area contributed by atoms with Crippen LogP contribution >= 0.6 is 0 Å². The van der Waals surface area contributed by atoms with E-state index in [4.69, 9.17) is 4.74 Å². The topological polar surface area (TPSA) is 78.9 Å². The summed E-state index contributed by atoms with van der Waals surface area (Å²) in [4.78, 5) is 32.7. The van der Waals surface area contributed by atoms with E-state index in [1.807, 2.05) is 49.2 Å². The lowest BCUT2D eigenvalue weighted by Gasteiger charge is -2.45. The highest BCUT2D eigenvalue weighted by molar-refractivity contribution is 5.80. The number of likely N-dealkylation sites (N-methyl/N-ethyl adjacent to an activating group) is 1. The highest BCUT2D eigenvalue weighted by Crippen LogP contribution is 2.39. The van der Waals surface area contributed by atoms with Crippen molar-refractivity contribution in [2.45, 2.75) is 70.8 Å². The van der Waals surface area contributed by atoms with Gasteiger partial charge in [0.1, 0.15) is 5.75 Å². The molecule has 0 saturated carbocycles. The van der Waals surface area contributed by atoms with Crippen LogP contribution in [0, 0.1) is 11.3 Å². The zero-order valence-corrected chi connectivity index (χ0v) is 23.6. The summed E-state index contributed by atoms with van der Waals surface area (Å²) in [7, 11) is 1.91. The average molecular weight is 534 g/mol. The number of carbonyl (C=O) groups excluding carboxylic acids is 2. The maximum absolute atomic E-state index is 13.3. The Labute approximate surface area is 232 Å². The van der Waals surface area contributed by atoms with Gasteiger partial charge in [-0.15, -0.1) is 5.10 Å². The van der Waals surface area contributed by atoms with Crippen LogP contribution in [-0.4, -0.2) is 77.7 Å². The lowest BCUT2D eigenvalue weighted by Crippen LogP contribution is -2.50. The molecular weight excluding hydrogens is 490 g/mol. The highest BCUT2D eigenvalue weighted by Gasteiger charge is 2.38. The molecule has 2 saturated heterocycles. The maximum atomic E-state index is 13.3. The van der Waals surface area contributed by atoms with Crippen LogP contribution in [0.25, 0.3) is 0 Å². The molecule has 0 N–H and O–H groups in total. The van der Waals surface area contributed by atoms with Crippen molar-refractivity contribution in [2.75, 3.05) is 44.7 Å². The van der Waals surface area contributed by atoms with E-state index in [9.17, 15) is 9.59 Å². The number of ether oxygens (including phenoxy) is 1. The highest BCUT2D eigenvalue weighted by atomic mass is 16.5. The van der Waals surface area contributed by atoms with Crippen molar-refractivity contribution in [3.8, 4) is 5.75 Å². The van der Waals surface area contributed by atoms with Crippen LogP contribution in [0.2, 0.25) is 0 Å². The summed E-state index contributed by atoms with van der Waals surface area (Å²) in [5.41, 5.74) is 1.24. The van der Waals surface area contributed by atoms with E-state index < -0.39 is 6.10 Å². The number of carbonyl (C=O) groups is 2. The van der Waals surface area contributed by atoms with Crippen molar-refractivity contribution < 1.29 is 14.3 Å². The van der Waals surface area contributed by atoms with E-state index in [0.29, 0.717) is 18.2 Å². The van der Waals surface area contributed by atoms with Crippen molar-refractivity contribution in [1.82, 2.24) is 20.0 Å². The van der Waals surface area contributed by atoms with Crippen molar-refractivity contribution in [2.24, 2.45) is 11.3 Å². The van der Waals surface area contributed by atoms with Crippen LogP contribution in [0.5, 0.6) is 5.75 Å². The molecule has 39 heavy (non-hydrogen) atoms. The third-order valence-corrected chi connectivity index (χ3v) is 9.11. The standard InChI is InChI=1S/C31H43N5O3/c1-24-30(38)34(2)23-31(14-6-5-9-26-8-3-4-10-27(26)39-24)15-20-36(21-16-31)29(37)22-25-12-18-35(19-13-25)28-11-7-17-32-33-28/h3-4,7-8,10-11,17,24-25H,5-6,9,12-16,18-23H2,1-2H3/t24-/m1/s1. The van der Waals surface area contributed by atoms with Crippen LogP contribution in [0.15, 0.2) is 42.6 Å². The first-order valence-electron chi connectivity index (χ1n) is 14.7. The Hall–Kier alpha value is -3.16. The molecule has 0 radical (unpaired) electrons. The fourth-order valence-corrected chi connectivity index (χ4v) is 6.69. The normalized spacial score (nSPS) is 23.0. The van der Waals surface area contributed by atoms with Gasteiger partial charge in [0.2, 0.25) is 5.91 Å². The van der Waals surface area contributed by atoms with E-state index in [0.717, 1.165) is 95.7 Å². The number of hydrogen-bond donors (Lipinski definition) is 0. The molecule has 1 aromatic heterocycles. The molecule has 5 rings (SSSR count). The van der Waals surface area contributed by atoms with Gasteiger partial charge in [-0.2, -0.15) is 5.10 Å². The summed E-state index contributed by atoms with van der Waals surface area (Å²) in [6.45, 7) is 6.00. The lowest BCUT2D eigenvalue weighted by atomic mass is 9.73. The largest absolute Gasteiger partial charge is 0.481 e. The monoisotopic (exact) mass is 533 g/mol. The Morgan fingerprint density at radius 3 is 2.54 bits per heavy atom. The molecule has 0 unspecified atom stereocenters. The van der Waals surface area contributed by atoms with Crippen LogP contribution in [0.3, 0.4) is 0 Å². The Bertz CT molecular complexity index is 1110. The molecule has 0 bridgehead atoms. The van der Waals surface area contributed by atoms with Crippen molar-refractivity contribution in [1.29, 1.82) is 0 Å². The molecule has 2 fully saturated rings. The van der Waals surface area contributed by atoms with Crippen molar-refractivity contribution in [3.05, 3.63) is 48.2 Å². The van der Waals surface area contributed by atoms with Crippen molar-refractivity contribution >= 4 is 17.6 Å². The Balaban J connectivity index is 1.15. The second-order valence-corrected chi connectivity index (χ2v) is 11.9. The van der Waals surface area contributed by atoms with E-state index >= 15 is 0 Å². The molecule has 4 heterocycles. The fraction of sp³-hybridized carbons (Fsp3) is 0.613. The average Bonchev–Trinajstić information content (AvgIpc) is 2.96. The summed E-state index contributed by atoms with van der Waals surface area (Å²) in [6.07, 6.45) is 10.0. The molecule has 2 aromatic rings. The number of nitrogens with zero attached hydrogens (tertiary/aromatic N) is 5. The van der Waals surface area contributed by atoms with Gasteiger partial charge in [-0.05, 0) is 87.0 Å². The minimum atomic E-state index is -0.519. The van der Waals surface area contributed by atoms with Gasteiger partial charge in [0, 0.05) is 52.4 Å². The number of fused-ring (bicyclic) bond motifs is 1. The summed E-state index contributed by atoms with van der Waals surface area (Å²) in [5.74, 6) is 2.49. The summed E-state index contributed by atoms with van der Waals surface area (Å²) in [6, 6.07) is 12.0. The minimum absolute atomic E-state index is 0.0242. The predicted molar refractivity (Wildman–Crippen MR) is 152 cm³/mol. The Morgan fingerprint density at radius 2 is 1.79 bits per heavy atom. The quantitative estimate of drug-likeness (QED) is 0.584. The zero-order valence-electron chi connectivity index (χ0n) is 23.6. The van der Waals surface area contributed by atoms with Gasteiger partial charge in [-0.1, -0.05) is 24.6 Å². The van der Waals surface area contributed by atoms with E-state index in [1.165, 1.54) is 5.56 Å². The van der Waals surface area contributed by atoms with Gasteiger partial charge in [-0.3, -0.25) is 9.59 Å². The number of aromatic nitrogens is 2. The lowest BCUT2D eigenvalue weighted by molar-refractivity contribution is -0.141. The fourth-order valence-electron chi connectivity index (χ4n) is 6.69. The number of anilines is 1. The number of benzene rings is 1. The molecule has 0 aliphatic carbocycles. The molecule has 3 aliphatic rings. The summed E-state index contributed by atoms with van der Waals surface area (Å²) in [5, 5.41) is 8.23. The third kappa shape index (κ3) is 6.71. The van der Waals surface area contributed by atoms with Gasteiger partial charge in [-0.25, -0.2) is 0 Å². The minimum Gasteiger partial charge on any atom is -0.481 e. The molecule has 8 heteroatoms. The van der Waals surface area contributed by atoms with Crippen LogP contribution in [0.1, 0.15) is 63.9 Å². The number of hydrogen-bond acceptors (Lipinski definition) is 6. The second kappa shape index (κ2) is 12.3. The number of rotatable bonds is 3. The first kappa shape index (κ1) is 27.4. The zero-order chi connectivity index (χ0) is 27.2. The molecule has 8 nitrogen and oxygen atoms in total. The first-order valence-corrected chi connectivity index (χ1v) is 14.7. The predicted octanol–water partition coefficient (Wildman–Crippen LogP) is 4.34. The van der Waals surface area contributed by atoms with Gasteiger partial charge < -0.3 is 19.4 Å². The SMILES string of the molecule is C[C@H]1Oc2ccccc2CCCCC2(CCN(C(=O)CC3CCN(c4cccnn4)CC3)CC2)CN(C)C1=O. The van der Waals surface area contributed by atoms with Gasteiger partial charge in [0.15, 0.2) is 11.9 Å². The molecule has 1 atom stereocenters. The van der Waals surface area contributed by atoms with Crippen LogP contribution < -0.4 is 9.64 Å². The molecule has 2 amide bonds. The van der Waals surface area contributed by atoms with E-state index in [1.54, 1.807) is 6.20 Å². The first-order chi connectivity index (χ1) is 18.9. The van der Waals surface area contributed by atoms with E-state index in [2.05, 4.69) is 26.1 Å². The molecular formula is C31H43N5O3. The van der Waals surface area contributed by atoms with Gasteiger partial charge in [0.05, 0.1) is 0 Å². The number of amides is 2. The molecule has 3 aliphatic heterocycles. The number of para-hydroxylation sites is 1. The number of likely N-dealkylation sites (tertiary alicyclic amines) is 1. The van der Waals surface area contributed by atoms with Crippen molar-refractivity contribution in [3.63, 3.8) is 0 Å². The van der Waals surface area contributed by atoms with Gasteiger partial charge in [0.25, 0.3) is 5.91 Å². The second-order valence-electron chi connectivity index (χ2n) is 11.9. The number of aryl methyl sites for hydroxylation is 1. The van der Waals surface area contributed by atoms with E-state index in [-0.39, 0.29) is 11.3 Å². The molecule has 1 aromatic carbocycles. The number of piperidine rings is 2. The summed E-state index contributed by atoms with van der Waals surface area (Å²) < 4.78 is 6.13. The summed E-state index contributed by atoms with van der Waals surface area (Å²) >= 11 is 0. The van der Waals surface area contributed by atoms with Crippen LogP contribution in [-0.2, 0) is 16.0 Å². The van der Waals surface area contributed by atoms with Crippen LogP contribution in [0.4, 0.5) is 5.82 Å². The molecule has 210 valence electrons.